The SMILES string of the molecule is CC1C/C(=C\CN)C(C)O1. The van der Waals surface area contributed by atoms with Crippen molar-refractivity contribution < 1.29 is 4.74 Å². The Bertz CT molecular complexity index is 142. The fraction of sp³-hybridized carbons (Fsp3) is 0.750. The molecule has 0 aromatic carbocycles. The average molecular weight is 141 g/mol. The first-order valence-corrected chi connectivity index (χ1v) is 3.78. The van der Waals surface area contributed by atoms with Gasteiger partial charge in [-0.2, -0.15) is 0 Å². The highest BCUT2D eigenvalue weighted by atomic mass is 16.5. The van der Waals surface area contributed by atoms with Gasteiger partial charge in [-0.05, 0) is 25.8 Å². The Labute approximate surface area is 62.1 Å². The van der Waals surface area contributed by atoms with Gasteiger partial charge in [0.25, 0.3) is 0 Å². The molecule has 58 valence electrons. The third-order valence-electron chi connectivity index (χ3n) is 1.86. The monoisotopic (exact) mass is 141 g/mol. The molecule has 0 amide bonds. The Morgan fingerprint density at radius 2 is 2.40 bits per heavy atom. The number of hydrogen-bond donors (Lipinski definition) is 1. The maximum absolute atomic E-state index is 5.50. The fourth-order valence-electron chi connectivity index (χ4n) is 1.38. The minimum Gasteiger partial charge on any atom is -0.371 e. The normalized spacial score (nSPS) is 37.3. The van der Waals surface area contributed by atoms with Gasteiger partial charge in [-0.1, -0.05) is 6.08 Å². The number of nitrogens with two attached hydrogens (primary N) is 1. The lowest BCUT2D eigenvalue weighted by Gasteiger charge is -2.03. The molecular formula is C8H15NO. The van der Waals surface area contributed by atoms with Crippen LogP contribution in [0.3, 0.4) is 0 Å². The van der Waals surface area contributed by atoms with Crippen LogP contribution in [0.1, 0.15) is 20.3 Å². The molecular weight excluding hydrogens is 126 g/mol. The summed E-state index contributed by atoms with van der Waals surface area (Å²) in [6.07, 6.45) is 3.79. The predicted molar refractivity (Wildman–Crippen MR) is 41.8 cm³/mol. The molecule has 1 heterocycles. The summed E-state index contributed by atoms with van der Waals surface area (Å²) >= 11 is 0. The van der Waals surface area contributed by atoms with E-state index in [9.17, 15) is 0 Å². The molecule has 1 fully saturated rings. The summed E-state index contributed by atoms with van der Waals surface area (Å²) in [7, 11) is 0. The zero-order valence-corrected chi connectivity index (χ0v) is 6.63. The minimum atomic E-state index is 0.290. The Morgan fingerprint density at radius 1 is 1.70 bits per heavy atom. The van der Waals surface area contributed by atoms with E-state index >= 15 is 0 Å². The predicted octanol–water partition coefficient (Wildman–Crippen LogP) is 1.07. The number of rotatable bonds is 1. The van der Waals surface area contributed by atoms with Gasteiger partial charge in [0.1, 0.15) is 0 Å². The molecule has 2 nitrogen and oxygen atoms in total. The van der Waals surface area contributed by atoms with Crippen LogP contribution >= 0.6 is 0 Å². The standard InChI is InChI=1S/C8H15NO/c1-6-5-8(3-4-9)7(2)10-6/h3,6-7H,4-5,9H2,1-2H3/b8-3+. The highest BCUT2D eigenvalue weighted by Crippen LogP contribution is 2.24. The summed E-state index contributed by atoms with van der Waals surface area (Å²) in [5.74, 6) is 0. The summed E-state index contributed by atoms with van der Waals surface area (Å²) in [6, 6.07) is 0. The van der Waals surface area contributed by atoms with E-state index in [2.05, 4.69) is 19.9 Å². The van der Waals surface area contributed by atoms with Gasteiger partial charge in [0.2, 0.25) is 0 Å². The van der Waals surface area contributed by atoms with Gasteiger partial charge in [0.05, 0.1) is 12.2 Å². The van der Waals surface area contributed by atoms with E-state index in [0.29, 0.717) is 18.8 Å². The molecule has 0 radical (unpaired) electrons. The molecule has 10 heavy (non-hydrogen) atoms. The van der Waals surface area contributed by atoms with E-state index in [1.54, 1.807) is 0 Å². The molecule has 1 saturated heterocycles. The molecule has 2 unspecified atom stereocenters. The molecule has 2 atom stereocenters. The van der Waals surface area contributed by atoms with Crippen LogP contribution in [0.15, 0.2) is 11.6 Å². The molecule has 0 saturated carbocycles. The smallest absolute Gasteiger partial charge is 0.0762 e. The van der Waals surface area contributed by atoms with Crippen molar-refractivity contribution in [1.82, 2.24) is 0 Å². The second-order valence-electron chi connectivity index (χ2n) is 2.81. The fourth-order valence-corrected chi connectivity index (χ4v) is 1.38. The van der Waals surface area contributed by atoms with Gasteiger partial charge in [-0.3, -0.25) is 0 Å². The van der Waals surface area contributed by atoms with E-state index < -0.39 is 0 Å². The maximum Gasteiger partial charge on any atom is 0.0762 e. The van der Waals surface area contributed by atoms with Gasteiger partial charge >= 0.3 is 0 Å². The topological polar surface area (TPSA) is 35.2 Å². The number of ether oxygens (including phenoxy) is 1. The van der Waals surface area contributed by atoms with E-state index in [0.717, 1.165) is 6.42 Å². The van der Waals surface area contributed by atoms with Crippen molar-refractivity contribution in [3.05, 3.63) is 11.6 Å². The van der Waals surface area contributed by atoms with Gasteiger partial charge < -0.3 is 10.5 Å². The summed E-state index contributed by atoms with van der Waals surface area (Å²) in [5, 5.41) is 0. The van der Waals surface area contributed by atoms with Crippen molar-refractivity contribution in [3.8, 4) is 0 Å². The summed E-state index contributed by atoms with van der Waals surface area (Å²) < 4.78 is 5.50. The third-order valence-corrected chi connectivity index (χ3v) is 1.86. The molecule has 1 aliphatic heterocycles. The van der Waals surface area contributed by atoms with Crippen LogP contribution in [0, 0.1) is 0 Å². The Hall–Kier alpha value is -0.340. The zero-order chi connectivity index (χ0) is 7.56. The molecule has 0 bridgehead atoms. The maximum atomic E-state index is 5.50. The highest BCUT2D eigenvalue weighted by molar-refractivity contribution is 5.12. The van der Waals surface area contributed by atoms with E-state index in [1.807, 2.05) is 0 Å². The summed E-state index contributed by atoms with van der Waals surface area (Å²) in [5.41, 5.74) is 6.74. The largest absolute Gasteiger partial charge is 0.371 e. The van der Waals surface area contributed by atoms with Crippen LogP contribution in [-0.2, 0) is 4.74 Å². The van der Waals surface area contributed by atoms with Crippen LogP contribution in [0.2, 0.25) is 0 Å². The van der Waals surface area contributed by atoms with Crippen molar-refractivity contribution in [2.24, 2.45) is 5.73 Å². The van der Waals surface area contributed by atoms with E-state index in [4.69, 9.17) is 10.5 Å². The second-order valence-corrected chi connectivity index (χ2v) is 2.81. The zero-order valence-electron chi connectivity index (χ0n) is 6.63. The lowest BCUT2D eigenvalue weighted by atomic mass is 10.1. The van der Waals surface area contributed by atoms with Crippen molar-refractivity contribution in [2.75, 3.05) is 6.54 Å². The first kappa shape index (κ1) is 7.76. The molecule has 0 aromatic heterocycles. The van der Waals surface area contributed by atoms with Crippen molar-refractivity contribution in [2.45, 2.75) is 32.5 Å². The molecule has 2 heteroatoms. The van der Waals surface area contributed by atoms with Crippen LogP contribution in [-0.4, -0.2) is 18.8 Å². The van der Waals surface area contributed by atoms with Crippen LogP contribution in [0.4, 0.5) is 0 Å². The lowest BCUT2D eigenvalue weighted by Crippen LogP contribution is -2.04. The van der Waals surface area contributed by atoms with Crippen molar-refractivity contribution >= 4 is 0 Å². The van der Waals surface area contributed by atoms with Gasteiger partial charge in [0.15, 0.2) is 0 Å². The number of hydrogen-bond acceptors (Lipinski definition) is 2. The second kappa shape index (κ2) is 3.17. The van der Waals surface area contributed by atoms with Crippen molar-refractivity contribution in [3.63, 3.8) is 0 Å². The molecule has 1 aliphatic rings. The first-order chi connectivity index (χ1) is 4.74. The van der Waals surface area contributed by atoms with Crippen molar-refractivity contribution in [1.29, 1.82) is 0 Å². The summed E-state index contributed by atoms with van der Waals surface area (Å²) in [4.78, 5) is 0. The van der Waals surface area contributed by atoms with Gasteiger partial charge in [0, 0.05) is 6.54 Å². The minimum absolute atomic E-state index is 0.290. The Balaban J connectivity index is 2.54. The lowest BCUT2D eigenvalue weighted by molar-refractivity contribution is 0.0745. The van der Waals surface area contributed by atoms with E-state index in [1.165, 1.54) is 5.57 Å². The molecule has 1 rings (SSSR count). The third kappa shape index (κ3) is 1.58. The van der Waals surface area contributed by atoms with Crippen LogP contribution in [0.25, 0.3) is 0 Å². The average Bonchev–Trinajstić information content (AvgIpc) is 2.13. The van der Waals surface area contributed by atoms with E-state index in [-0.39, 0.29) is 0 Å². The Morgan fingerprint density at radius 3 is 2.80 bits per heavy atom. The highest BCUT2D eigenvalue weighted by Gasteiger charge is 2.22. The summed E-state index contributed by atoms with van der Waals surface area (Å²) in [6.45, 7) is 4.80. The molecule has 0 aliphatic carbocycles. The molecule has 0 spiro atoms. The van der Waals surface area contributed by atoms with Gasteiger partial charge in [-0.15, -0.1) is 0 Å². The quantitative estimate of drug-likeness (QED) is 0.554. The Kier molecular flexibility index (Phi) is 2.46. The molecule has 0 aromatic rings. The molecule has 2 N–H and O–H groups in total. The van der Waals surface area contributed by atoms with Gasteiger partial charge in [-0.25, -0.2) is 0 Å². The van der Waals surface area contributed by atoms with Crippen LogP contribution in [0.5, 0.6) is 0 Å². The van der Waals surface area contributed by atoms with Crippen LogP contribution < -0.4 is 5.73 Å². The first-order valence-electron chi connectivity index (χ1n) is 3.78.